The zero-order valence-electron chi connectivity index (χ0n) is 6.90. The number of benzene rings is 1. The van der Waals surface area contributed by atoms with Crippen molar-refractivity contribution in [3.05, 3.63) is 33.5 Å². The highest BCUT2D eigenvalue weighted by molar-refractivity contribution is 9.10. The van der Waals surface area contributed by atoms with E-state index in [1.807, 2.05) is 0 Å². The van der Waals surface area contributed by atoms with Gasteiger partial charge in [-0.1, -0.05) is 0 Å². The van der Waals surface area contributed by atoms with E-state index in [0.29, 0.717) is 12.1 Å². The summed E-state index contributed by atoms with van der Waals surface area (Å²) in [4.78, 5) is 10.5. The summed E-state index contributed by atoms with van der Waals surface area (Å²) in [6.07, 6.45) is -4.92. The number of alkyl halides is 3. The van der Waals surface area contributed by atoms with Crippen LogP contribution in [0.15, 0.2) is 16.6 Å². The van der Waals surface area contributed by atoms with E-state index in [4.69, 9.17) is 5.11 Å². The van der Waals surface area contributed by atoms with Crippen molar-refractivity contribution in [3.63, 3.8) is 0 Å². The molecule has 0 saturated heterocycles. The Morgan fingerprint density at radius 3 is 2.27 bits per heavy atom. The van der Waals surface area contributed by atoms with Crippen molar-refractivity contribution in [1.29, 1.82) is 0 Å². The van der Waals surface area contributed by atoms with Gasteiger partial charge in [-0.25, -0.2) is 9.18 Å². The van der Waals surface area contributed by atoms with E-state index in [2.05, 4.69) is 15.9 Å². The maximum atomic E-state index is 12.8. The Morgan fingerprint density at radius 1 is 1.33 bits per heavy atom. The summed E-state index contributed by atoms with van der Waals surface area (Å²) >= 11 is 2.38. The third kappa shape index (κ3) is 2.28. The Kier molecular flexibility index (Phi) is 3.03. The monoisotopic (exact) mass is 286 g/mol. The summed E-state index contributed by atoms with van der Waals surface area (Å²) < 4.78 is 49.1. The molecule has 0 atom stereocenters. The predicted octanol–water partition coefficient (Wildman–Crippen LogP) is 3.31. The van der Waals surface area contributed by atoms with E-state index in [0.717, 1.165) is 0 Å². The molecule has 82 valence electrons. The molecule has 15 heavy (non-hydrogen) atoms. The minimum absolute atomic E-state index is 0.575. The number of hydrogen-bond acceptors (Lipinski definition) is 1. The molecule has 0 amide bonds. The molecule has 0 aliphatic heterocycles. The lowest BCUT2D eigenvalue weighted by molar-refractivity contribution is -0.138. The van der Waals surface area contributed by atoms with E-state index < -0.39 is 33.6 Å². The van der Waals surface area contributed by atoms with Gasteiger partial charge in [-0.2, -0.15) is 13.2 Å². The number of carboxylic acid groups (broad SMARTS) is 1. The van der Waals surface area contributed by atoms with Gasteiger partial charge in [-0.15, -0.1) is 0 Å². The van der Waals surface area contributed by atoms with E-state index in [1.165, 1.54) is 0 Å². The van der Waals surface area contributed by atoms with Gasteiger partial charge < -0.3 is 5.11 Å². The normalized spacial score (nSPS) is 11.5. The van der Waals surface area contributed by atoms with Crippen LogP contribution in [0.4, 0.5) is 17.6 Å². The largest absolute Gasteiger partial charge is 0.478 e. The molecule has 0 heterocycles. The van der Waals surface area contributed by atoms with Crippen molar-refractivity contribution in [3.8, 4) is 0 Å². The van der Waals surface area contributed by atoms with Crippen LogP contribution in [0, 0.1) is 5.82 Å². The summed E-state index contributed by atoms with van der Waals surface area (Å²) in [5.41, 5.74) is -2.51. The van der Waals surface area contributed by atoms with Crippen molar-refractivity contribution >= 4 is 21.9 Å². The van der Waals surface area contributed by atoms with Crippen molar-refractivity contribution in [2.45, 2.75) is 6.18 Å². The number of halogens is 5. The first kappa shape index (κ1) is 12.0. The molecule has 0 saturated carbocycles. The highest BCUT2D eigenvalue weighted by atomic mass is 79.9. The maximum absolute atomic E-state index is 12.8. The Morgan fingerprint density at radius 2 is 1.87 bits per heavy atom. The van der Waals surface area contributed by atoms with Gasteiger partial charge >= 0.3 is 12.1 Å². The average Bonchev–Trinajstić information content (AvgIpc) is 2.06. The molecule has 0 bridgehead atoms. The zero-order chi connectivity index (χ0) is 11.8. The SMILES string of the molecule is O=C(O)c1ccc(F)c(Br)c1C(F)(F)F. The fraction of sp³-hybridized carbons (Fsp3) is 0.125. The van der Waals surface area contributed by atoms with Gasteiger partial charge in [0.25, 0.3) is 0 Å². The second-order valence-corrected chi connectivity index (χ2v) is 3.38. The number of aromatic carboxylic acids is 1. The van der Waals surface area contributed by atoms with Crippen LogP contribution in [-0.2, 0) is 6.18 Å². The van der Waals surface area contributed by atoms with Crippen molar-refractivity contribution in [2.75, 3.05) is 0 Å². The van der Waals surface area contributed by atoms with Gasteiger partial charge in [-0.05, 0) is 28.1 Å². The number of rotatable bonds is 1. The van der Waals surface area contributed by atoms with Gasteiger partial charge in [0.15, 0.2) is 0 Å². The first-order valence-electron chi connectivity index (χ1n) is 3.53. The molecule has 1 aromatic rings. The summed E-state index contributed by atoms with van der Waals surface area (Å²) in [5, 5.41) is 8.50. The number of carboxylic acids is 1. The van der Waals surface area contributed by atoms with Crippen molar-refractivity contribution in [1.82, 2.24) is 0 Å². The van der Waals surface area contributed by atoms with Crippen LogP contribution in [0.2, 0.25) is 0 Å². The molecule has 0 spiro atoms. The quantitative estimate of drug-likeness (QED) is 0.805. The Labute approximate surface area is 89.6 Å². The minimum atomic E-state index is -4.92. The molecule has 1 rings (SSSR count). The smallest absolute Gasteiger partial charge is 0.418 e. The molecule has 0 aliphatic carbocycles. The lowest BCUT2D eigenvalue weighted by atomic mass is 10.1. The van der Waals surface area contributed by atoms with Crippen LogP contribution in [0.25, 0.3) is 0 Å². The molecule has 0 aliphatic rings. The van der Waals surface area contributed by atoms with E-state index in [1.54, 1.807) is 0 Å². The summed E-state index contributed by atoms with van der Waals surface area (Å²) in [6, 6.07) is 1.23. The summed E-state index contributed by atoms with van der Waals surface area (Å²) in [6.45, 7) is 0. The van der Waals surface area contributed by atoms with E-state index in [9.17, 15) is 22.4 Å². The molecule has 7 heteroatoms. The second-order valence-electron chi connectivity index (χ2n) is 2.59. The number of hydrogen-bond donors (Lipinski definition) is 1. The molecule has 0 radical (unpaired) electrons. The molecule has 0 aromatic heterocycles. The standard InChI is InChI=1S/C8H3BrF4O2/c9-6-4(10)2-1-3(7(14)15)5(6)8(11,12)13/h1-2H,(H,14,15). The molecule has 1 N–H and O–H groups in total. The maximum Gasteiger partial charge on any atom is 0.418 e. The topological polar surface area (TPSA) is 37.3 Å². The third-order valence-corrected chi connectivity index (χ3v) is 2.38. The lowest BCUT2D eigenvalue weighted by Crippen LogP contribution is -2.14. The average molecular weight is 287 g/mol. The van der Waals surface area contributed by atoms with E-state index >= 15 is 0 Å². The van der Waals surface area contributed by atoms with Gasteiger partial charge in [-0.3, -0.25) is 0 Å². The Balaban J connectivity index is 3.57. The molecule has 2 nitrogen and oxygen atoms in total. The van der Waals surface area contributed by atoms with Crippen LogP contribution < -0.4 is 0 Å². The first-order valence-corrected chi connectivity index (χ1v) is 4.33. The summed E-state index contributed by atoms with van der Waals surface area (Å²) in [5.74, 6) is -2.92. The van der Waals surface area contributed by atoms with Crippen molar-refractivity contribution < 1.29 is 27.5 Å². The van der Waals surface area contributed by atoms with Gasteiger partial charge in [0, 0.05) is 0 Å². The fourth-order valence-corrected chi connectivity index (χ4v) is 1.58. The predicted molar refractivity (Wildman–Crippen MR) is 46.1 cm³/mol. The first-order chi connectivity index (χ1) is 6.75. The molecule has 0 unspecified atom stereocenters. The molecule has 1 aromatic carbocycles. The van der Waals surface area contributed by atoms with Gasteiger partial charge in [0.1, 0.15) is 5.82 Å². The summed E-state index contributed by atoms with van der Waals surface area (Å²) in [7, 11) is 0. The Hall–Kier alpha value is -1.11. The second kappa shape index (κ2) is 3.80. The molecule has 0 fully saturated rings. The van der Waals surface area contributed by atoms with E-state index in [-0.39, 0.29) is 0 Å². The van der Waals surface area contributed by atoms with Crippen LogP contribution in [0.3, 0.4) is 0 Å². The zero-order valence-corrected chi connectivity index (χ0v) is 8.49. The van der Waals surface area contributed by atoms with Gasteiger partial charge in [0.2, 0.25) is 0 Å². The van der Waals surface area contributed by atoms with Crippen molar-refractivity contribution in [2.24, 2.45) is 0 Å². The van der Waals surface area contributed by atoms with Crippen LogP contribution in [-0.4, -0.2) is 11.1 Å². The van der Waals surface area contributed by atoms with Crippen LogP contribution >= 0.6 is 15.9 Å². The van der Waals surface area contributed by atoms with Crippen LogP contribution in [0.1, 0.15) is 15.9 Å². The molecular weight excluding hydrogens is 284 g/mol. The minimum Gasteiger partial charge on any atom is -0.478 e. The molecular formula is C8H3BrF4O2. The van der Waals surface area contributed by atoms with Gasteiger partial charge in [0.05, 0.1) is 15.6 Å². The Bertz CT molecular complexity index is 414. The highest BCUT2D eigenvalue weighted by Crippen LogP contribution is 2.38. The fourth-order valence-electron chi connectivity index (χ4n) is 1.01. The highest BCUT2D eigenvalue weighted by Gasteiger charge is 2.38. The third-order valence-electron chi connectivity index (χ3n) is 1.61. The lowest BCUT2D eigenvalue weighted by Gasteiger charge is -2.12. The number of carbonyl (C=O) groups is 1. The van der Waals surface area contributed by atoms with Crippen LogP contribution in [0.5, 0.6) is 0 Å².